The smallest absolute Gasteiger partial charge is 0.314 e. The summed E-state index contributed by atoms with van der Waals surface area (Å²) in [5.41, 5.74) is 0. The van der Waals surface area contributed by atoms with Gasteiger partial charge in [0.15, 0.2) is 0 Å². The van der Waals surface area contributed by atoms with E-state index in [-0.39, 0.29) is 0 Å². The lowest BCUT2D eigenvalue weighted by atomic mass is 10.1. The van der Waals surface area contributed by atoms with E-state index in [9.17, 15) is 13.2 Å². The van der Waals surface area contributed by atoms with Gasteiger partial charge in [0.1, 0.15) is 0 Å². The first-order valence-corrected chi connectivity index (χ1v) is 7.47. The topological polar surface area (TPSA) is 15.3 Å². The first-order valence-electron chi connectivity index (χ1n) is 7.47. The van der Waals surface area contributed by atoms with Gasteiger partial charge < -0.3 is 5.32 Å². The standard InChI is InChI=1S/C14H27F3N2/c1-3-5-6-13(4-2)18-9-12-7-8-19(10-12)11-14(15,16)17/h12-13,18H,3-11H2,1-2H3. The summed E-state index contributed by atoms with van der Waals surface area (Å²) in [5.74, 6) is 0.373. The molecule has 1 rings (SSSR count). The number of nitrogens with one attached hydrogen (secondary N) is 1. The van der Waals surface area contributed by atoms with Crippen molar-refractivity contribution in [3.63, 3.8) is 0 Å². The third-order valence-electron chi connectivity index (χ3n) is 3.87. The molecule has 2 nitrogen and oxygen atoms in total. The fourth-order valence-electron chi connectivity index (χ4n) is 2.71. The van der Waals surface area contributed by atoms with E-state index in [1.807, 2.05) is 0 Å². The molecule has 0 bridgehead atoms. The molecule has 0 aliphatic carbocycles. The van der Waals surface area contributed by atoms with Gasteiger partial charge in [-0.25, -0.2) is 0 Å². The van der Waals surface area contributed by atoms with E-state index in [4.69, 9.17) is 0 Å². The summed E-state index contributed by atoms with van der Waals surface area (Å²) in [5, 5.41) is 3.52. The van der Waals surface area contributed by atoms with E-state index in [1.165, 1.54) is 24.2 Å². The highest BCUT2D eigenvalue weighted by Gasteiger charge is 2.34. The normalized spacial score (nSPS) is 22.9. The lowest BCUT2D eigenvalue weighted by molar-refractivity contribution is -0.143. The second-order valence-electron chi connectivity index (χ2n) is 5.66. The summed E-state index contributed by atoms with van der Waals surface area (Å²) in [4.78, 5) is 1.53. The van der Waals surface area contributed by atoms with Gasteiger partial charge in [-0.2, -0.15) is 13.2 Å². The van der Waals surface area contributed by atoms with Crippen LogP contribution in [-0.4, -0.2) is 43.3 Å². The maximum Gasteiger partial charge on any atom is 0.401 e. The van der Waals surface area contributed by atoms with Crippen molar-refractivity contribution in [2.75, 3.05) is 26.2 Å². The predicted octanol–water partition coefficient (Wildman–Crippen LogP) is 3.43. The summed E-state index contributed by atoms with van der Waals surface area (Å²) in [6.45, 7) is 5.61. The Morgan fingerprint density at radius 3 is 2.63 bits per heavy atom. The molecule has 1 N–H and O–H groups in total. The van der Waals surface area contributed by atoms with Crippen molar-refractivity contribution in [2.45, 2.75) is 58.2 Å². The summed E-state index contributed by atoms with van der Waals surface area (Å²) in [6.07, 6.45) is 1.50. The molecule has 1 fully saturated rings. The summed E-state index contributed by atoms with van der Waals surface area (Å²) in [6, 6.07) is 0.525. The summed E-state index contributed by atoms with van der Waals surface area (Å²) < 4.78 is 36.9. The zero-order chi connectivity index (χ0) is 14.3. The molecule has 0 saturated carbocycles. The molecule has 114 valence electrons. The molecular formula is C14H27F3N2. The number of unbranched alkanes of at least 4 members (excludes halogenated alkanes) is 1. The second-order valence-corrected chi connectivity index (χ2v) is 5.66. The van der Waals surface area contributed by atoms with Gasteiger partial charge in [0.25, 0.3) is 0 Å². The molecule has 1 heterocycles. The van der Waals surface area contributed by atoms with E-state index in [0.29, 0.717) is 25.0 Å². The van der Waals surface area contributed by atoms with Gasteiger partial charge in [-0.1, -0.05) is 26.7 Å². The Hall–Kier alpha value is -0.290. The fraction of sp³-hybridized carbons (Fsp3) is 1.00. The number of nitrogens with zero attached hydrogens (tertiary/aromatic N) is 1. The van der Waals surface area contributed by atoms with Gasteiger partial charge in [0.05, 0.1) is 6.54 Å². The van der Waals surface area contributed by atoms with Crippen molar-refractivity contribution in [2.24, 2.45) is 5.92 Å². The van der Waals surface area contributed by atoms with E-state index in [0.717, 1.165) is 19.4 Å². The lowest BCUT2D eigenvalue weighted by Gasteiger charge is -2.20. The van der Waals surface area contributed by atoms with Crippen LogP contribution in [0.4, 0.5) is 13.2 Å². The zero-order valence-electron chi connectivity index (χ0n) is 12.1. The Morgan fingerprint density at radius 1 is 1.32 bits per heavy atom. The van der Waals surface area contributed by atoms with Crippen LogP contribution in [0.15, 0.2) is 0 Å². The van der Waals surface area contributed by atoms with Gasteiger partial charge in [-0.15, -0.1) is 0 Å². The van der Waals surface area contributed by atoms with Crippen LogP contribution >= 0.6 is 0 Å². The molecule has 0 spiro atoms. The minimum Gasteiger partial charge on any atom is -0.314 e. The third-order valence-corrected chi connectivity index (χ3v) is 3.87. The minimum atomic E-state index is -4.06. The van der Waals surface area contributed by atoms with Gasteiger partial charge >= 0.3 is 6.18 Å². The van der Waals surface area contributed by atoms with Crippen LogP contribution in [0.5, 0.6) is 0 Å². The Balaban J connectivity index is 2.20. The molecule has 1 saturated heterocycles. The first kappa shape index (κ1) is 16.8. The number of hydrogen-bond donors (Lipinski definition) is 1. The minimum absolute atomic E-state index is 0.373. The summed E-state index contributed by atoms with van der Waals surface area (Å²) >= 11 is 0. The van der Waals surface area contributed by atoms with E-state index in [1.54, 1.807) is 0 Å². The van der Waals surface area contributed by atoms with Gasteiger partial charge in [-0.3, -0.25) is 4.90 Å². The molecule has 5 heteroatoms. The van der Waals surface area contributed by atoms with Crippen molar-refractivity contribution in [3.8, 4) is 0 Å². The second kappa shape index (κ2) is 8.10. The predicted molar refractivity (Wildman–Crippen MR) is 72.2 cm³/mol. The van der Waals surface area contributed by atoms with Crippen LogP contribution in [-0.2, 0) is 0 Å². The maximum atomic E-state index is 12.3. The van der Waals surface area contributed by atoms with Crippen LogP contribution in [0.3, 0.4) is 0 Å². The van der Waals surface area contributed by atoms with Gasteiger partial charge in [0.2, 0.25) is 0 Å². The Labute approximate surface area is 114 Å². The van der Waals surface area contributed by atoms with Crippen LogP contribution in [0.2, 0.25) is 0 Å². The Morgan fingerprint density at radius 2 is 2.05 bits per heavy atom. The van der Waals surface area contributed by atoms with E-state index >= 15 is 0 Å². The molecule has 19 heavy (non-hydrogen) atoms. The van der Waals surface area contributed by atoms with Crippen molar-refractivity contribution >= 4 is 0 Å². The van der Waals surface area contributed by atoms with Gasteiger partial charge in [-0.05, 0) is 38.3 Å². The summed E-state index contributed by atoms with van der Waals surface area (Å²) in [7, 11) is 0. The molecular weight excluding hydrogens is 253 g/mol. The first-order chi connectivity index (χ1) is 8.94. The van der Waals surface area contributed by atoms with Crippen molar-refractivity contribution in [3.05, 3.63) is 0 Å². The fourth-order valence-corrected chi connectivity index (χ4v) is 2.71. The van der Waals surface area contributed by atoms with Crippen LogP contribution in [0.25, 0.3) is 0 Å². The number of halogens is 3. The number of hydrogen-bond acceptors (Lipinski definition) is 2. The number of likely N-dealkylation sites (tertiary alicyclic amines) is 1. The van der Waals surface area contributed by atoms with Crippen molar-refractivity contribution in [1.82, 2.24) is 10.2 Å². The average molecular weight is 280 g/mol. The molecule has 0 aromatic carbocycles. The van der Waals surface area contributed by atoms with E-state index in [2.05, 4.69) is 19.2 Å². The molecule has 0 radical (unpaired) electrons. The third kappa shape index (κ3) is 7.16. The monoisotopic (exact) mass is 280 g/mol. The zero-order valence-corrected chi connectivity index (χ0v) is 12.1. The molecule has 0 amide bonds. The number of alkyl halides is 3. The van der Waals surface area contributed by atoms with Gasteiger partial charge in [0, 0.05) is 12.6 Å². The molecule has 2 unspecified atom stereocenters. The molecule has 0 aromatic rings. The molecule has 0 aromatic heterocycles. The quantitative estimate of drug-likeness (QED) is 0.733. The van der Waals surface area contributed by atoms with Crippen LogP contribution < -0.4 is 5.32 Å². The highest BCUT2D eigenvalue weighted by molar-refractivity contribution is 4.80. The van der Waals surface area contributed by atoms with Crippen molar-refractivity contribution in [1.29, 1.82) is 0 Å². The highest BCUT2D eigenvalue weighted by atomic mass is 19.4. The van der Waals surface area contributed by atoms with Crippen molar-refractivity contribution < 1.29 is 13.2 Å². The largest absolute Gasteiger partial charge is 0.401 e. The lowest BCUT2D eigenvalue weighted by Crippen LogP contribution is -2.36. The highest BCUT2D eigenvalue weighted by Crippen LogP contribution is 2.22. The molecule has 1 aliphatic heterocycles. The maximum absolute atomic E-state index is 12.3. The molecule has 2 atom stereocenters. The van der Waals surface area contributed by atoms with Crippen LogP contribution in [0, 0.1) is 5.92 Å². The van der Waals surface area contributed by atoms with Crippen LogP contribution in [0.1, 0.15) is 46.0 Å². The van der Waals surface area contributed by atoms with E-state index < -0.39 is 12.7 Å². The molecule has 1 aliphatic rings. The Bertz CT molecular complexity index is 243. The average Bonchev–Trinajstić information content (AvgIpc) is 2.74. The Kier molecular flexibility index (Phi) is 7.15. The number of rotatable bonds is 8. The SMILES string of the molecule is CCCCC(CC)NCC1CCN(CC(F)(F)F)C1.